The summed E-state index contributed by atoms with van der Waals surface area (Å²) in [6.45, 7) is 2.71. The number of carbonyl (C=O) groups is 1. The Morgan fingerprint density at radius 1 is 1.20 bits per heavy atom. The van der Waals surface area contributed by atoms with Crippen LogP contribution in [0.4, 0.5) is 0 Å². The van der Waals surface area contributed by atoms with Crippen molar-refractivity contribution in [2.24, 2.45) is 23.2 Å². The molecule has 4 rings (SSSR count). The molecule has 4 fully saturated rings. The summed E-state index contributed by atoms with van der Waals surface area (Å²) in [6.07, 6.45) is 9.14. The largest absolute Gasteiger partial charge is 0.393 e. The number of hydrogen-bond donors (Lipinski definition) is 1. The average molecular weight is 279 g/mol. The number of nitrogens with zero attached hydrogens (tertiary/aromatic N) is 1. The Labute approximate surface area is 122 Å². The summed E-state index contributed by atoms with van der Waals surface area (Å²) in [6, 6.07) is 0. The first-order valence-corrected chi connectivity index (χ1v) is 8.38. The summed E-state index contributed by atoms with van der Waals surface area (Å²) >= 11 is 0. The van der Waals surface area contributed by atoms with Crippen LogP contribution in [0.25, 0.3) is 0 Å². The van der Waals surface area contributed by atoms with E-state index in [9.17, 15) is 9.90 Å². The maximum absolute atomic E-state index is 12.2. The molecule has 0 aromatic heterocycles. The molecule has 4 aliphatic carbocycles. The molecule has 114 valence electrons. The lowest BCUT2D eigenvalue weighted by atomic mass is 9.49. The molecule has 20 heavy (non-hydrogen) atoms. The van der Waals surface area contributed by atoms with Crippen LogP contribution in [0.15, 0.2) is 0 Å². The van der Waals surface area contributed by atoms with Gasteiger partial charge in [0.2, 0.25) is 5.91 Å². The average Bonchev–Trinajstić information content (AvgIpc) is 2.33. The molecule has 1 atom stereocenters. The van der Waals surface area contributed by atoms with E-state index in [1.165, 1.54) is 38.5 Å². The maximum Gasteiger partial charge on any atom is 0.222 e. The van der Waals surface area contributed by atoms with Gasteiger partial charge in [-0.2, -0.15) is 0 Å². The highest BCUT2D eigenvalue weighted by Gasteiger charge is 2.51. The van der Waals surface area contributed by atoms with Crippen molar-refractivity contribution in [3.05, 3.63) is 0 Å². The van der Waals surface area contributed by atoms with E-state index in [1.807, 2.05) is 11.9 Å². The molecule has 1 amide bonds. The van der Waals surface area contributed by atoms with Crippen LogP contribution in [0.3, 0.4) is 0 Å². The van der Waals surface area contributed by atoms with Gasteiger partial charge in [0.1, 0.15) is 0 Å². The van der Waals surface area contributed by atoms with Crippen LogP contribution >= 0.6 is 0 Å². The molecule has 4 saturated carbocycles. The second-order valence-corrected chi connectivity index (χ2v) is 8.06. The van der Waals surface area contributed by atoms with Crippen LogP contribution in [0.5, 0.6) is 0 Å². The summed E-state index contributed by atoms with van der Waals surface area (Å²) in [5.74, 6) is 3.05. The second kappa shape index (κ2) is 5.32. The minimum Gasteiger partial charge on any atom is -0.393 e. The predicted molar refractivity (Wildman–Crippen MR) is 79.2 cm³/mol. The highest BCUT2D eigenvalue weighted by atomic mass is 16.3. The highest BCUT2D eigenvalue weighted by molar-refractivity contribution is 5.75. The lowest BCUT2D eigenvalue weighted by Gasteiger charge is -2.57. The molecule has 0 saturated heterocycles. The SMILES string of the molecule is CC(O)CCC(=O)N(C)CC12CC3CC(CC(C3)C1)C2. The van der Waals surface area contributed by atoms with Crippen LogP contribution in [0, 0.1) is 23.2 Å². The first kappa shape index (κ1) is 14.4. The normalized spacial score (nSPS) is 39.9. The molecule has 4 bridgehead atoms. The van der Waals surface area contributed by atoms with Crippen LogP contribution in [-0.2, 0) is 4.79 Å². The fourth-order valence-electron chi connectivity index (χ4n) is 5.60. The fraction of sp³-hybridized carbons (Fsp3) is 0.941. The Kier molecular flexibility index (Phi) is 3.83. The van der Waals surface area contributed by atoms with Gasteiger partial charge in [-0.1, -0.05) is 0 Å². The standard InChI is InChI=1S/C17H29NO2/c1-12(19)3-4-16(20)18(2)11-17-8-13-5-14(9-17)7-15(6-13)10-17/h12-15,19H,3-11H2,1-2H3. The van der Waals surface area contributed by atoms with Crippen molar-refractivity contribution < 1.29 is 9.90 Å². The number of aliphatic hydroxyl groups excluding tert-OH is 1. The molecular formula is C17H29NO2. The molecule has 1 N–H and O–H groups in total. The molecule has 3 heteroatoms. The Bertz CT molecular complexity index is 342. The van der Waals surface area contributed by atoms with E-state index in [0.717, 1.165) is 24.3 Å². The molecule has 0 radical (unpaired) electrons. The van der Waals surface area contributed by atoms with Gasteiger partial charge in [-0.05, 0) is 75.0 Å². The zero-order valence-corrected chi connectivity index (χ0v) is 13.0. The van der Waals surface area contributed by atoms with E-state index in [2.05, 4.69) is 0 Å². The maximum atomic E-state index is 12.2. The van der Waals surface area contributed by atoms with Crippen molar-refractivity contribution in [3.8, 4) is 0 Å². The number of hydrogen-bond acceptors (Lipinski definition) is 2. The number of aliphatic hydroxyl groups is 1. The third-order valence-corrected chi connectivity index (χ3v) is 5.94. The predicted octanol–water partition coefficient (Wildman–Crippen LogP) is 2.82. The zero-order chi connectivity index (χ0) is 14.3. The van der Waals surface area contributed by atoms with Crippen molar-refractivity contribution in [1.29, 1.82) is 0 Å². The van der Waals surface area contributed by atoms with Crippen molar-refractivity contribution in [2.45, 2.75) is 64.4 Å². The van der Waals surface area contributed by atoms with E-state index >= 15 is 0 Å². The molecule has 1 unspecified atom stereocenters. The smallest absolute Gasteiger partial charge is 0.222 e. The van der Waals surface area contributed by atoms with Gasteiger partial charge in [0.25, 0.3) is 0 Å². The zero-order valence-electron chi connectivity index (χ0n) is 13.0. The third kappa shape index (κ3) is 2.88. The van der Waals surface area contributed by atoms with Gasteiger partial charge in [-0.25, -0.2) is 0 Å². The van der Waals surface area contributed by atoms with Gasteiger partial charge in [0.15, 0.2) is 0 Å². The summed E-state index contributed by atoms with van der Waals surface area (Å²) in [5.41, 5.74) is 0.435. The topological polar surface area (TPSA) is 40.5 Å². The lowest BCUT2D eigenvalue weighted by Crippen LogP contribution is -2.51. The first-order chi connectivity index (χ1) is 9.46. The van der Waals surface area contributed by atoms with Gasteiger partial charge in [-0.3, -0.25) is 4.79 Å². The summed E-state index contributed by atoms with van der Waals surface area (Å²) in [7, 11) is 1.96. The summed E-state index contributed by atoms with van der Waals surface area (Å²) in [4.78, 5) is 14.1. The third-order valence-electron chi connectivity index (χ3n) is 5.94. The van der Waals surface area contributed by atoms with E-state index in [1.54, 1.807) is 6.92 Å². The Morgan fingerprint density at radius 2 is 1.70 bits per heavy atom. The lowest BCUT2D eigenvalue weighted by molar-refractivity contribution is -0.135. The molecule has 3 nitrogen and oxygen atoms in total. The van der Waals surface area contributed by atoms with Crippen LogP contribution in [-0.4, -0.2) is 35.6 Å². The summed E-state index contributed by atoms with van der Waals surface area (Å²) < 4.78 is 0. The fourth-order valence-corrected chi connectivity index (χ4v) is 5.60. The van der Waals surface area contributed by atoms with Gasteiger partial charge in [0, 0.05) is 20.0 Å². The van der Waals surface area contributed by atoms with E-state index in [0.29, 0.717) is 18.3 Å². The van der Waals surface area contributed by atoms with E-state index in [4.69, 9.17) is 0 Å². The monoisotopic (exact) mass is 279 g/mol. The molecule has 0 spiro atoms. The Hall–Kier alpha value is -0.570. The van der Waals surface area contributed by atoms with Gasteiger partial charge in [0.05, 0.1) is 6.10 Å². The van der Waals surface area contributed by atoms with Crippen molar-refractivity contribution in [2.75, 3.05) is 13.6 Å². The van der Waals surface area contributed by atoms with Gasteiger partial charge < -0.3 is 10.0 Å². The number of carbonyl (C=O) groups excluding carboxylic acids is 1. The molecule has 0 aromatic rings. The minimum absolute atomic E-state index is 0.210. The second-order valence-electron chi connectivity index (χ2n) is 8.06. The first-order valence-electron chi connectivity index (χ1n) is 8.38. The minimum atomic E-state index is -0.369. The highest BCUT2D eigenvalue weighted by Crippen LogP contribution is 2.60. The molecule has 0 aliphatic heterocycles. The summed E-state index contributed by atoms with van der Waals surface area (Å²) in [5, 5.41) is 9.31. The Balaban J connectivity index is 1.58. The van der Waals surface area contributed by atoms with E-state index in [-0.39, 0.29) is 12.0 Å². The molecule has 0 heterocycles. The number of amides is 1. The molecule has 0 aromatic carbocycles. The Morgan fingerprint density at radius 3 is 2.15 bits per heavy atom. The molecule has 4 aliphatic rings. The van der Waals surface area contributed by atoms with Crippen LogP contribution < -0.4 is 0 Å². The van der Waals surface area contributed by atoms with Gasteiger partial charge >= 0.3 is 0 Å². The van der Waals surface area contributed by atoms with Gasteiger partial charge in [-0.15, -0.1) is 0 Å². The quantitative estimate of drug-likeness (QED) is 0.840. The molecular weight excluding hydrogens is 250 g/mol. The van der Waals surface area contributed by atoms with Crippen molar-refractivity contribution in [3.63, 3.8) is 0 Å². The van der Waals surface area contributed by atoms with Crippen molar-refractivity contribution >= 4 is 5.91 Å². The van der Waals surface area contributed by atoms with Crippen molar-refractivity contribution in [1.82, 2.24) is 4.90 Å². The number of rotatable bonds is 5. The van der Waals surface area contributed by atoms with E-state index < -0.39 is 0 Å². The van der Waals surface area contributed by atoms with Crippen LogP contribution in [0.2, 0.25) is 0 Å². The van der Waals surface area contributed by atoms with Crippen LogP contribution in [0.1, 0.15) is 58.3 Å².